The van der Waals surface area contributed by atoms with Gasteiger partial charge in [0.05, 0.1) is 23.4 Å². The van der Waals surface area contributed by atoms with Crippen LogP contribution < -0.4 is 30.9 Å². The minimum Gasteiger partial charge on any atom is -0.392 e. The van der Waals surface area contributed by atoms with Crippen molar-refractivity contribution in [2.75, 3.05) is 59.3 Å². The molecule has 0 spiro atoms. The number of rotatable bonds is 9. The van der Waals surface area contributed by atoms with E-state index in [1.54, 1.807) is 42.5 Å². The molecule has 18 heteroatoms. The molecule has 18 nitrogen and oxygen atoms in total. The third kappa shape index (κ3) is 8.25. The van der Waals surface area contributed by atoms with E-state index in [1.807, 2.05) is 24.3 Å². The van der Waals surface area contributed by atoms with Crippen molar-refractivity contribution in [3.05, 3.63) is 111 Å². The predicted octanol–water partition coefficient (Wildman–Crippen LogP) is 4.64. The van der Waals surface area contributed by atoms with E-state index in [0.717, 1.165) is 81.1 Å². The molecule has 3 saturated heterocycles. The zero-order chi connectivity index (χ0) is 49.5. The quantitative estimate of drug-likeness (QED) is 0.173. The van der Waals surface area contributed by atoms with Crippen LogP contribution in [0.1, 0.15) is 101 Å². The van der Waals surface area contributed by atoms with Crippen molar-refractivity contribution in [2.24, 2.45) is 12.5 Å². The van der Waals surface area contributed by atoms with Gasteiger partial charge >= 0.3 is 0 Å². The number of carbonyl (C=O) groups excluding carboxylic acids is 5. The summed E-state index contributed by atoms with van der Waals surface area (Å²) in [5.41, 5.74) is 7.70. The van der Waals surface area contributed by atoms with Gasteiger partial charge in [-0.1, -0.05) is 13.8 Å². The Balaban J connectivity index is 0.725. The van der Waals surface area contributed by atoms with Crippen LogP contribution in [0.25, 0.3) is 11.3 Å². The molecule has 8 heterocycles. The Hall–Kier alpha value is -7.18. The Bertz CT molecular complexity index is 3090. The molecule has 5 aromatic rings. The topological polar surface area (TPSA) is 199 Å². The first-order chi connectivity index (χ1) is 34.2. The maximum absolute atomic E-state index is 14.0. The van der Waals surface area contributed by atoms with Gasteiger partial charge in [-0.15, -0.1) is 0 Å². The van der Waals surface area contributed by atoms with Gasteiger partial charge in [0.1, 0.15) is 17.6 Å². The molecule has 0 bridgehead atoms. The predicted molar refractivity (Wildman–Crippen MR) is 267 cm³/mol. The molecular weight excluding hydrogens is 903 g/mol. The molecule has 71 heavy (non-hydrogen) atoms. The van der Waals surface area contributed by atoms with E-state index < -0.39 is 29.7 Å². The number of nitrogens with zero attached hydrogens (tertiary/aromatic N) is 9. The van der Waals surface area contributed by atoms with Crippen LogP contribution in [0.3, 0.4) is 0 Å². The summed E-state index contributed by atoms with van der Waals surface area (Å²) < 4.78 is 3.62. The number of pyridine rings is 1. The summed E-state index contributed by atoms with van der Waals surface area (Å²) >= 11 is 0. The average Bonchev–Trinajstić information content (AvgIpc) is 3.83. The molecule has 0 saturated carbocycles. The first kappa shape index (κ1) is 46.2. The van der Waals surface area contributed by atoms with Crippen molar-refractivity contribution >= 4 is 58.2 Å². The summed E-state index contributed by atoms with van der Waals surface area (Å²) in [5.74, 6) is -1.65. The van der Waals surface area contributed by atoms with Gasteiger partial charge in [-0.05, 0) is 111 Å². The molecular formula is C53H59N11O7. The smallest absolute Gasteiger partial charge is 0.293 e. The summed E-state index contributed by atoms with van der Waals surface area (Å²) in [6, 6.07) is 16.8. The Kier molecular flexibility index (Phi) is 11.7. The number of nitrogens with one attached hydrogen (secondary N) is 2. The van der Waals surface area contributed by atoms with Gasteiger partial charge in [0.15, 0.2) is 5.82 Å². The molecule has 368 valence electrons. The molecule has 11 rings (SSSR count). The Morgan fingerprint density at radius 2 is 1.61 bits per heavy atom. The van der Waals surface area contributed by atoms with Gasteiger partial charge in [-0.2, -0.15) is 0 Å². The first-order valence-electron chi connectivity index (χ1n) is 24.8. The summed E-state index contributed by atoms with van der Waals surface area (Å²) in [7, 11) is 1.67. The number of benzene rings is 2. The normalized spacial score (nSPS) is 22.4. The lowest BCUT2D eigenvalue weighted by Gasteiger charge is -2.44. The van der Waals surface area contributed by atoms with Crippen LogP contribution >= 0.6 is 0 Å². The fourth-order valence-electron chi connectivity index (χ4n) is 12.0. The standard InChI is InChI=1S/C53H59N11O7/c1-31-28-60(34-6-5-18-59(19-16-34)36-11-12-38-39(25-36)50(69)64(49(38)68)42-13-14-45(66)57-48(42)67)20-21-61(31)35-9-7-33(8-10-35)55-46-52(71)58(4)29-41(56-46)37-15-17-54-47(40(37)30-65)63-23-22-62-43(51(63)70)24-32-26-53(2,3)27-44(32)62/h7-12,15,17,24-25,29,31,34,42,65H,5-6,13-14,16,18-23,26-28,30H2,1-4H3,(H,55,56)(H,57,66,67)/t31-,34+,42?/m0/s1. The number of amides is 5. The number of piperidine rings is 1. The number of imide groups is 2. The van der Waals surface area contributed by atoms with E-state index in [1.165, 1.54) is 15.8 Å². The number of aryl methyl sites for hydroxylation is 1. The second kappa shape index (κ2) is 17.9. The highest BCUT2D eigenvalue weighted by Gasteiger charge is 2.45. The van der Waals surface area contributed by atoms with Crippen molar-refractivity contribution in [1.29, 1.82) is 0 Å². The van der Waals surface area contributed by atoms with E-state index in [-0.39, 0.29) is 53.8 Å². The maximum Gasteiger partial charge on any atom is 0.293 e. The second-order valence-electron chi connectivity index (χ2n) is 20.8. The number of aliphatic hydroxyl groups excluding tert-OH is 1. The molecule has 2 aromatic carbocycles. The number of hydrogen-bond donors (Lipinski definition) is 3. The lowest BCUT2D eigenvalue weighted by atomic mass is 9.90. The van der Waals surface area contributed by atoms with Crippen molar-refractivity contribution in [3.8, 4) is 11.3 Å². The molecule has 6 aliphatic rings. The average molecular weight is 962 g/mol. The van der Waals surface area contributed by atoms with Crippen LogP contribution in [0.15, 0.2) is 71.8 Å². The van der Waals surface area contributed by atoms with Gasteiger partial charge in [0.2, 0.25) is 11.8 Å². The van der Waals surface area contributed by atoms with Crippen molar-refractivity contribution in [3.63, 3.8) is 0 Å². The third-order valence-corrected chi connectivity index (χ3v) is 15.5. The monoisotopic (exact) mass is 961 g/mol. The summed E-state index contributed by atoms with van der Waals surface area (Å²) in [5, 5.41) is 16.3. The highest BCUT2D eigenvalue weighted by molar-refractivity contribution is 6.23. The van der Waals surface area contributed by atoms with Gasteiger partial charge in [-0.3, -0.25) is 48.8 Å². The van der Waals surface area contributed by atoms with E-state index >= 15 is 0 Å². The van der Waals surface area contributed by atoms with Crippen LogP contribution in [0, 0.1) is 5.41 Å². The lowest BCUT2D eigenvalue weighted by molar-refractivity contribution is -0.136. The van der Waals surface area contributed by atoms with E-state index in [0.29, 0.717) is 58.7 Å². The summed E-state index contributed by atoms with van der Waals surface area (Å²) in [6.07, 6.45) is 8.29. The lowest BCUT2D eigenvalue weighted by Crippen LogP contribution is -2.55. The molecule has 5 amide bonds. The van der Waals surface area contributed by atoms with Gasteiger partial charge in [0, 0.05) is 118 Å². The van der Waals surface area contributed by atoms with Gasteiger partial charge < -0.3 is 29.4 Å². The third-order valence-electron chi connectivity index (χ3n) is 15.5. The molecule has 3 atom stereocenters. The van der Waals surface area contributed by atoms with Crippen molar-refractivity contribution in [2.45, 2.75) is 97.0 Å². The van der Waals surface area contributed by atoms with Crippen LogP contribution in [0.2, 0.25) is 0 Å². The van der Waals surface area contributed by atoms with Crippen LogP contribution in [0.5, 0.6) is 0 Å². The van der Waals surface area contributed by atoms with Crippen LogP contribution in [0.4, 0.5) is 28.7 Å². The van der Waals surface area contributed by atoms with E-state index in [9.17, 15) is 33.9 Å². The zero-order valence-electron chi connectivity index (χ0n) is 40.6. The Morgan fingerprint density at radius 1 is 0.817 bits per heavy atom. The first-order valence-corrected chi connectivity index (χ1v) is 24.8. The number of aliphatic hydroxyl groups is 1. The maximum atomic E-state index is 14.0. The number of fused-ring (bicyclic) bond motifs is 4. The highest BCUT2D eigenvalue weighted by Crippen LogP contribution is 2.40. The van der Waals surface area contributed by atoms with E-state index in [4.69, 9.17) is 4.98 Å². The zero-order valence-corrected chi connectivity index (χ0v) is 40.6. The molecule has 1 aliphatic carbocycles. The second-order valence-corrected chi connectivity index (χ2v) is 20.8. The minimum atomic E-state index is -0.993. The van der Waals surface area contributed by atoms with Crippen molar-refractivity contribution < 1.29 is 29.1 Å². The minimum absolute atomic E-state index is 0.0790. The number of aromatic nitrogens is 4. The fourth-order valence-corrected chi connectivity index (χ4v) is 12.0. The number of hydrogen-bond acceptors (Lipinski definition) is 13. The molecule has 0 radical (unpaired) electrons. The molecule has 1 unspecified atom stereocenters. The fraction of sp³-hybridized carbons (Fsp3) is 0.434. The number of anilines is 5. The molecule has 3 aromatic heterocycles. The molecule has 3 fully saturated rings. The van der Waals surface area contributed by atoms with Crippen molar-refractivity contribution in [1.82, 2.24) is 34.2 Å². The SMILES string of the molecule is C[C@H]1CN([C@@H]2CCCN(c3ccc4c(c3)C(=O)N(C3CCC(=O)NC3=O)C4=O)CC2)CCN1c1ccc(Nc2nc(-c3ccnc(N4CCn5c(cc6c5CC(C)(C)C6)C4=O)c3CO)cn(C)c2=O)cc1. The Morgan fingerprint density at radius 3 is 2.38 bits per heavy atom. The summed E-state index contributed by atoms with van der Waals surface area (Å²) in [6.45, 7) is 11.7. The highest BCUT2D eigenvalue weighted by atomic mass is 16.3. The largest absolute Gasteiger partial charge is 0.392 e. The number of carbonyl (C=O) groups is 5. The number of piperazine rings is 1. The molecule has 5 aliphatic heterocycles. The van der Waals surface area contributed by atoms with E-state index in [2.05, 4.69) is 67.8 Å². The van der Waals surface area contributed by atoms with Gasteiger partial charge in [0.25, 0.3) is 23.3 Å². The Labute approximate surface area is 411 Å². The van der Waals surface area contributed by atoms with Crippen LogP contribution in [-0.2, 0) is 42.6 Å². The summed E-state index contributed by atoms with van der Waals surface area (Å²) in [4.78, 5) is 98.0. The van der Waals surface area contributed by atoms with Crippen LogP contribution in [-0.4, -0.2) is 121 Å². The van der Waals surface area contributed by atoms with Gasteiger partial charge in [-0.25, -0.2) is 9.97 Å². The molecule has 3 N–H and O–H groups in total.